The van der Waals surface area contributed by atoms with Gasteiger partial charge >= 0.3 is 0 Å². The van der Waals surface area contributed by atoms with Gasteiger partial charge in [0.2, 0.25) is 5.91 Å². The van der Waals surface area contributed by atoms with Crippen LogP contribution in [0.25, 0.3) is 17.4 Å². The maximum absolute atomic E-state index is 12.7. The second kappa shape index (κ2) is 9.54. The van der Waals surface area contributed by atoms with E-state index in [2.05, 4.69) is 5.32 Å². The van der Waals surface area contributed by atoms with Crippen LogP contribution in [0.5, 0.6) is 0 Å². The molecular weight excluding hydrogens is 482 g/mol. The molecule has 34 heavy (non-hydrogen) atoms. The molecule has 1 aromatic heterocycles. The molecule has 0 aliphatic carbocycles. The third-order valence-corrected chi connectivity index (χ3v) is 6.16. The van der Waals surface area contributed by atoms with Crippen molar-refractivity contribution in [2.75, 3.05) is 11.9 Å². The maximum atomic E-state index is 12.7. The zero-order valence-electron chi connectivity index (χ0n) is 17.6. The smallest absolute Gasteiger partial charge is 0.294 e. The minimum atomic E-state index is -0.624. The van der Waals surface area contributed by atoms with Gasteiger partial charge in [0.15, 0.2) is 0 Å². The molecule has 0 unspecified atom stereocenters. The van der Waals surface area contributed by atoms with Crippen LogP contribution >= 0.6 is 23.4 Å². The number of anilines is 1. The van der Waals surface area contributed by atoms with Crippen molar-refractivity contribution in [2.45, 2.75) is 6.92 Å². The largest absolute Gasteiger partial charge is 0.457 e. The second-order valence-corrected chi connectivity index (χ2v) is 8.65. The molecule has 1 aliphatic rings. The Bertz CT molecular complexity index is 1370. The van der Waals surface area contributed by atoms with Gasteiger partial charge in [-0.3, -0.25) is 29.4 Å². The Hall–Kier alpha value is -3.89. The fourth-order valence-corrected chi connectivity index (χ4v) is 4.23. The van der Waals surface area contributed by atoms with Gasteiger partial charge in [-0.05, 0) is 48.5 Å². The summed E-state index contributed by atoms with van der Waals surface area (Å²) in [5.74, 6) is -0.621. The number of carbonyl (C=O) groups excluding carboxylic acids is 3. The van der Waals surface area contributed by atoms with Gasteiger partial charge in [-0.15, -0.1) is 0 Å². The van der Waals surface area contributed by atoms with Crippen molar-refractivity contribution in [1.82, 2.24) is 4.90 Å². The normalized spacial score (nSPS) is 14.6. The summed E-state index contributed by atoms with van der Waals surface area (Å²) in [7, 11) is 0. The number of para-hydroxylation sites is 1. The van der Waals surface area contributed by atoms with Crippen LogP contribution in [-0.2, 0) is 9.59 Å². The van der Waals surface area contributed by atoms with Crippen LogP contribution in [0, 0.1) is 17.0 Å². The fourth-order valence-electron chi connectivity index (χ4n) is 3.20. The fraction of sp³-hybridized carbons (Fsp3) is 0.0870. The van der Waals surface area contributed by atoms with Gasteiger partial charge in [0.25, 0.3) is 16.8 Å². The Balaban J connectivity index is 1.49. The minimum absolute atomic E-state index is 0.0831. The van der Waals surface area contributed by atoms with E-state index < -0.39 is 28.5 Å². The first kappa shape index (κ1) is 23.3. The number of rotatable bonds is 6. The van der Waals surface area contributed by atoms with E-state index >= 15 is 0 Å². The van der Waals surface area contributed by atoms with Crippen LogP contribution < -0.4 is 5.32 Å². The highest BCUT2D eigenvalue weighted by molar-refractivity contribution is 8.18. The molecule has 3 aromatic rings. The molecular formula is C23H16ClN3O6S. The molecule has 0 bridgehead atoms. The molecule has 172 valence electrons. The van der Waals surface area contributed by atoms with Crippen molar-refractivity contribution < 1.29 is 23.7 Å². The number of hydrogen-bond acceptors (Lipinski definition) is 7. The predicted molar refractivity (Wildman–Crippen MR) is 128 cm³/mol. The number of halogens is 1. The number of nitrogens with zero attached hydrogens (tertiary/aromatic N) is 2. The van der Waals surface area contributed by atoms with Gasteiger partial charge in [-0.1, -0.05) is 29.8 Å². The second-order valence-electron chi connectivity index (χ2n) is 7.25. The Morgan fingerprint density at radius 1 is 1.21 bits per heavy atom. The monoisotopic (exact) mass is 497 g/mol. The summed E-state index contributed by atoms with van der Waals surface area (Å²) in [6.45, 7) is 1.40. The molecule has 4 rings (SSSR count). The number of hydrogen-bond donors (Lipinski definition) is 1. The number of imide groups is 1. The van der Waals surface area contributed by atoms with E-state index in [4.69, 9.17) is 16.0 Å². The lowest BCUT2D eigenvalue weighted by Crippen LogP contribution is -2.36. The van der Waals surface area contributed by atoms with E-state index in [1.807, 2.05) is 19.1 Å². The lowest BCUT2D eigenvalue weighted by molar-refractivity contribution is -0.384. The molecule has 1 saturated heterocycles. The summed E-state index contributed by atoms with van der Waals surface area (Å²) in [5.41, 5.74) is 1.61. The lowest BCUT2D eigenvalue weighted by atomic mass is 10.1. The molecule has 9 nitrogen and oxygen atoms in total. The van der Waals surface area contributed by atoms with Crippen molar-refractivity contribution in [2.24, 2.45) is 0 Å². The summed E-state index contributed by atoms with van der Waals surface area (Å²) in [4.78, 5) is 48.9. The van der Waals surface area contributed by atoms with Crippen LogP contribution in [0.3, 0.4) is 0 Å². The number of nitro benzene ring substituents is 1. The number of non-ortho nitro benzene ring substituents is 1. The number of benzene rings is 2. The van der Waals surface area contributed by atoms with Gasteiger partial charge in [0.1, 0.15) is 18.1 Å². The number of nitro groups is 1. The first-order valence-corrected chi connectivity index (χ1v) is 11.1. The number of nitrogens with one attached hydrogen (secondary N) is 1. The van der Waals surface area contributed by atoms with Gasteiger partial charge in [-0.25, -0.2) is 0 Å². The zero-order valence-corrected chi connectivity index (χ0v) is 19.2. The van der Waals surface area contributed by atoms with E-state index in [-0.39, 0.29) is 27.1 Å². The lowest BCUT2D eigenvalue weighted by Gasteiger charge is -2.13. The quantitative estimate of drug-likeness (QED) is 0.271. The van der Waals surface area contributed by atoms with Crippen LogP contribution in [0.15, 0.2) is 63.9 Å². The summed E-state index contributed by atoms with van der Waals surface area (Å²) in [5, 5.41) is 13.4. The molecule has 2 aromatic carbocycles. The highest BCUT2D eigenvalue weighted by Gasteiger charge is 2.36. The molecule has 0 saturated carbocycles. The molecule has 1 N–H and O–H groups in total. The van der Waals surface area contributed by atoms with E-state index in [0.29, 0.717) is 23.0 Å². The number of furan rings is 1. The molecule has 1 aliphatic heterocycles. The molecule has 2 heterocycles. The molecule has 1 fully saturated rings. The van der Waals surface area contributed by atoms with Crippen LogP contribution in [0.4, 0.5) is 16.2 Å². The maximum Gasteiger partial charge on any atom is 0.294 e. The molecule has 0 spiro atoms. The SMILES string of the molecule is Cc1ccccc1NC(=O)CN1C(=O)S/C(=C/c2ccc(-c3cc([N+](=O)[O-])ccc3Cl)o2)C1=O. The number of carbonyl (C=O) groups is 3. The predicted octanol–water partition coefficient (Wildman–Crippen LogP) is 5.49. The van der Waals surface area contributed by atoms with Crippen LogP contribution in [0.2, 0.25) is 5.02 Å². The van der Waals surface area contributed by atoms with Gasteiger partial charge in [0.05, 0.1) is 14.9 Å². The van der Waals surface area contributed by atoms with E-state index in [1.165, 1.54) is 24.3 Å². The highest BCUT2D eigenvalue weighted by atomic mass is 35.5. The third kappa shape index (κ3) is 4.87. The first-order valence-electron chi connectivity index (χ1n) is 9.88. The molecule has 0 atom stereocenters. The number of amides is 3. The molecule has 11 heteroatoms. The van der Waals surface area contributed by atoms with Crippen LogP contribution in [-0.4, -0.2) is 33.4 Å². The summed E-state index contributed by atoms with van der Waals surface area (Å²) >= 11 is 6.83. The van der Waals surface area contributed by atoms with E-state index in [1.54, 1.807) is 24.3 Å². The first-order chi connectivity index (χ1) is 16.2. The average Bonchev–Trinajstić information content (AvgIpc) is 3.36. The van der Waals surface area contributed by atoms with Crippen LogP contribution in [0.1, 0.15) is 11.3 Å². The van der Waals surface area contributed by atoms with E-state index in [0.717, 1.165) is 10.5 Å². The Kier molecular flexibility index (Phi) is 6.53. The standard InChI is InChI=1S/C23H16ClN3O6S/c1-13-4-2-3-5-18(13)25-21(28)12-26-22(29)20(34-23(26)30)11-15-7-9-19(33-15)16-10-14(27(31)32)6-8-17(16)24/h2-11H,12H2,1H3,(H,25,28)/b20-11+. The number of thioether (sulfide) groups is 1. The van der Waals surface area contributed by atoms with Gasteiger partial charge in [0, 0.05) is 29.5 Å². The van der Waals surface area contributed by atoms with Crippen molar-refractivity contribution in [3.63, 3.8) is 0 Å². The summed E-state index contributed by atoms with van der Waals surface area (Å²) in [6.07, 6.45) is 1.37. The summed E-state index contributed by atoms with van der Waals surface area (Å²) in [6, 6.07) is 14.2. The average molecular weight is 498 g/mol. The zero-order chi connectivity index (χ0) is 24.4. The minimum Gasteiger partial charge on any atom is -0.457 e. The highest BCUT2D eigenvalue weighted by Crippen LogP contribution is 2.35. The topological polar surface area (TPSA) is 123 Å². The molecule has 3 amide bonds. The Labute approximate surface area is 202 Å². The Morgan fingerprint density at radius 2 is 1.97 bits per heavy atom. The third-order valence-electron chi connectivity index (χ3n) is 4.92. The van der Waals surface area contributed by atoms with E-state index in [9.17, 15) is 24.5 Å². The number of aryl methyl sites for hydroxylation is 1. The van der Waals surface area contributed by atoms with Gasteiger partial charge < -0.3 is 9.73 Å². The van der Waals surface area contributed by atoms with Crippen molar-refractivity contribution in [1.29, 1.82) is 0 Å². The van der Waals surface area contributed by atoms with Gasteiger partial charge in [-0.2, -0.15) is 0 Å². The van der Waals surface area contributed by atoms with Crippen molar-refractivity contribution >= 4 is 57.9 Å². The Morgan fingerprint density at radius 3 is 2.71 bits per heavy atom. The van der Waals surface area contributed by atoms with Crippen molar-refractivity contribution in [3.05, 3.63) is 86.0 Å². The summed E-state index contributed by atoms with van der Waals surface area (Å²) < 4.78 is 5.68. The van der Waals surface area contributed by atoms with Crippen molar-refractivity contribution in [3.8, 4) is 11.3 Å². The molecule has 0 radical (unpaired) electrons.